The Morgan fingerprint density at radius 3 is 2.54 bits per heavy atom. The van der Waals surface area contributed by atoms with Crippen LogP contribution >= 0.6 is 0 Å². The van der Waals surface area contributed by atoms with Crippen molar-refractivity contribution in [3.05, 3.63) is 11.6 Å². The van der Waals surface area contributed by atoms with Crippen LogP contribution in [0.4, 0.5) is 0 Å². The molecule has 0 amide bonds. The molecule has 0 N–H and O–H groups in total. The van der Waals surface area contributed by atoms with Crippen molar-refractivity contribution in [3.63, 3.8) is 0 Å². The van der Waals surface area contributed by atoms with Crippen molar-refractivity contribution in [3.8, 4) is 0 Å². The van der Waals surface area contributed by atoms with Crippen molar-refractivity contribution in [1.82, 2.24) is 0 Å². The molecular formula is C22H36O4. The lowest BCUT2D eigenvalue weighted by Gasteiger charge is -2.53. The molecule has 2 aliphatic rings. The van der Waals surface area contributed by atoms with Crippen LogP contribution in [0.25, 0.3) is 0 Å². The molecule has 0 bridgehead atoms. The molecule has 5 atom stereocenters. The van der Waals surface area contributed by atoms with E-state index in [1.165, 1.54) is 19.8 Å². The maximum absolute atomic E-state index is 12.6. The summed E-state index contributed by atoms with van der Waals surface area (Å²) in [7, 11) is 2.95. The van der Waals surface area contributed by atoms with E-state index in [-0.39, 0.29) is 23.3 Å². The first-order chi connectivity index (χ1) is 12.2. The number of fused-ring (bicyclic) bond motifs is 1. The minimum absolute atomic E-state index is 0.0657. The van der Waals surface area contributed by atoms with Gasteiger partial charge in [0.2, 0.25) is 0 Å². The zero-order valence-corrected chi connectivity index (χ0v) is 17.4. The molecule has 0 aromatic carbocycles. The van der Waals surface area contributed by atoms with Crippen LogP contribution in [0.1, 0.15) is 72.6 Å². The van der Waals surface area contributed by atoms with Crippen LogP contribution in [-0.4, -0.2) is 26.2 Å². The molecule has 0 aliphatic heterocycles. The van der Waals surface area contributed by atoms with Crippen LogP contribution in [0, 0.1) is 28.6 Å². The Balaban J connectivity index is 2.20. The van der Waals surface area contributed by atoms with Crippen molar-refractivity contribution in [2.45, 2.75) is 72.6 Å². The number of rotatable bonds is 6. The molecule has 2 rings (SSSR count). The molecule has 26 heavy (non-hydrogen) atoms. The number of hydrogen-bond acceptors (Lipinski definition) is 4. The van der Waals surface area contributed by atoms with Gasteiger partial charge in [0.25, 0.3) is 0 Å². The van der Waals surface area contributed by atoms with Crippen molar-refractivity contribution >= 4 is 11.9 Å². The lowest BCUT2D eigenvalue weighted by molar-refractivity contribution is -0.156. The van der Waals surface area contributed by atoms with Gasteiger partial charge in [0.1, 0.15) is 0 Å². The molecule has 1 saturated carbocycles. The third-order valence-corrected chi connectivity index (χ3v) is 7.36. The summed E-state index contributed by atoms with van der Waals surface area (Å²) in [6.07, 6.45) is 8.93. The molecular weight excluding hydrogens is 328 g/mol. The maximum atomic E-state index is 12.6. The molecule has 0 unspecified atom stereocenters. The van der Waals surface area contributed by atoms with Crippen LogP contribution in [-0.2, 0) is 19.1 Å². The topological polar surface area (TPSA) is 52.6 Å². The number of carbonyl (C=O) groups excluding carboxylic acids is 2. The average Bonchev–Trinajstić information content (AvgIpc) is 2.62. The van der Waals surface area contributed by atoms with E-state index in [0.29, 0.717) is 18.3 Å². The summed E-state index contributed by atoms with van der Waals surface area (Å²) in [4.78, 5) is 24.1. The van der Waals surface area contributed by atoms with E-state index in [1.54, 1.807) is 0 Å². The summed E-state index contributed by atoms with van der Waals surface area (Å²) in [5, 5.41) is 0. The number of carbonyl (C=O) groups is 2. The Hall–Kier alpha value is -1.32. The van der Waals surface area contributed by atoms with Crippen LogP contribution in [0.2, 0.25) is 0 Å². The largest absolute Gasteiger partial charge is 0.469 e. The van der Waals surface area contributed by atoms with Gasteiger partial charge in [0.15, 0.2) is 0 Å². The zero-order valence-electron chi connectivity index (χ0n) is 17.4. The van der Waals surface area contributed by atoms with Gasteiger partial charge in [0.05, 0.1) is 19.6 Å². The highest BCUT2D eigenvalue weighted by molar-refractivity contribution is 5.77. The molecule has 0 radical (unpaired) electrons. The zero-order chi connectivity index (χ0) is 19.5. The van der Waals surface area contributed by atoms with Crippen molar-refractivity contribution < 1.29 is 19.1 Å². The first-order valence-corrected chi connectivity index (χ1v) is 10.0. The van der Waals surface area contributed by atoms with Gasteiger partial charge < -0.3 is 9.47 Å². The van der Waals surface area contributed by atoms with E-state index in [4.69, 9.17) is 9.47 Å². The lowest BCUT2D eigenvalue weighted by atomic mass is 9.51. The minimum atomic E-state index is -0.405. The Morgan fingerprint density at radius 1 is 1.23 bits per heavy atom. The van der Waals surface area contributed by atoms with Gasteiger partial charge in [-0.05, 0) is 68.6 Å². The van der Waals surface area contributed by atoms with Gasteiger partial charge in [-0.1, -0.05) is 32.4 Å². The van der Waals surface area contributed by atoms with Gasteiger partial charge >= 0.3 is 11.9 Å². The van der Waals surface area contributed by atoms with Crippen LogP contribution in [0.3, 0.4) is 0 Å². The number of hydrogen-bond donors (Lipinski definition) is 0. The molecule has 1 fully saturated rings. The maximum Gasteiger partial charge on any atom is 0.312 e. The summed E-state index contributed by atoms with van der Waals surface area (Å²) in [5.74, 6) is 0.968. The lowest BCUT2D eigenvalue weighted by Crippen LogP contribution is -2.47. The number of methoxy groups -OCH3 is 2. The molecule has 0 saturated heterocycles. The third-order valence-electron chi connectivity index (χ3n) is 7.36. The monoisotopic (exact) mass is 364 g/mol. The van der Waals surface area contributed by atoms with E-state index in [2.05, 4.69) is 33.8 Å². The highest BCUT2D eigenvalue weighted by atomic mass is 16.5. The predicted molar refractivity (Wildman–Crippen MR) is 102 cm³/mol. The summed E-state index contributed by atoms with van der Waals surface area (Å²) in [6, 6.07) is 0. The summed E-state index contributed by atoms with van der Waals surface area (Å²) in [6.45, 7) is 8.92. The SMILES string of the molecule is COC(=O)C[C@H](C)CC[C@]1(C)C2=CCC[C@](C)(C(=O)OC)[C@H]2CC[C@@H]1C. The Labute approximate surface area is 158 Å². The second-order valence-electron chi connectivity index (χ2n) is 8.98. The molecule has 4 nitrogen and oxygen atoms in total. The Bertz CT molecular complexity index is 566. The predicted octanol–water partition coefficient (Wildman–Crippen LogP) is 4.92. The molecule has 0 spiro atoms. The smallest absolute Gasteiger partial charge is 0.312 e. The average molecular weight is 365 g/mol. The van der Waals surface area contributed by atoms with Gasteiger partial charge in [0, 0.05) is 6.42 Å². The first-order valence-electron chi connectivity index (χ1n) is 10.0. The van der Waals surface area contributed by atoms with E-state index in [0.717, 1.165) is 38.5 Å². The fourth-order valence-corrected chi connectivity index (χ4v) is 5.20. The fourth-order valence-electron chi connectivity index (χ4n) is 5.20. The second-order valence-corrected chi connectivity index (χ2v) is 8.98. The number of esters is 2. The van der Waals surface area contributed by atoms with E-state index in [1.807, 2.05) is 0 Å². The van der Waals surface area contributed by atoms with Crippen LogP contribution in [0.15, 0.2) is 11.6 Å². The molecule has 4 heteroatoms. The van der Waals surface area contributed by atoms with Crippen molar-refractivity contribution in [2.24, 2.45) is 28.6 Å². The summed E-state index contributed by atoms with van der Waals surface area (Å²) >= 11 is 0. The third kappa shape index (κ3) is 3.84. The van der Waals surface area contributed by atoms with E-state index < -0.39 is 5.41 Å². The van der Waals surface area contributed by atoms with E-state index in [9.17, 15) is 9.59 Å². The molecule has 0 aromatic heterocycles. The van der Waals surface area contributed by atoms with Gasteiger partial charge in [-0.25, -0.2) is 0 Å². The molecule has 2 aliphatic carbocycles. The minimum Gasteiger partial charge on any atom is -0.469 e. The Morgan fingerprint density at radius 2 is 1.92 bits per heavy atom. The first kappa shape index (κ1) is 21.0. The number of ether oxygens (including phenoxy) is 2. The van der Waals surface area contributed by atoms with E-state index >= 15 is 0 Å². The molecule has 148 valence electrons. The van der Waals surface area contributed by atoms with Crippen LogP contribution in [0.5, 0.6) is 0 Å². The van der Waals surface area contributed by atoms with Gasteiger partial charge in [-0.2, -0.15) is 0 Å². The Kier molecular flexibility index (Phi) is 6.57. The standard InChI is InChI=1S/C22H36O4/c1-15(14-19(23)25-5)11-13-21(3)16(2)9-10-18-17(21)8-7-12-22(18,4)20(24)26-6/h8,15-16,18H,7,9-14H2,1-6H3/t15-,16+,18+,21+,22+/m1/s1. The second kappa shape index (κ2) is 8.14. The molecule has 0 heterocycles. The summed E-state index contributed by atoms with van der Waals surface area (Å²) < 4.78 is 9.98. The van der Waals surface area contributed by atoms with Crippen molar-refractivity contribution in [1.29, 1.82) is 0 Å². The fraction of sp³-hybridized carbons (Fsp3) is 0.818. The van der Waals surface area contributed by atoms with Crippen molar-refractivity contribution in [2.75, 3.05) is 14.2 Å². The van der Waals surface area contributed by atoms with Crippen LogP contribution < -0.4 is 0 Å². The normalized spacial score (nSPS) is 35.1. The number of allylic oxidation sites excluding steroid dienone is 2. The van der Waals surface area contributed by atoms with Gasteiger partial charge in [-0.3, -0.25) is 9.59 Å². The van der Waals surface area contributed by atoms with Gasteiger partial charge in [-0.15, -0.1) is 0 Å². The summed E-state index contributed by atoms with van der Waals surface area (Å²) in [5.41, 5.74) is 1.14. The highest BCUT2D eigenvalue weighted by Gasteiger charge is 2.52. The quantitative estimate of drug-likeness (QED) is 0.496. The highest BCUT2D eigenvalue weighted by Crippen LogP contribution is 2.58. The molecule has 0 aromatic rings.